The quantitative estimate of drug-likeness (QED) is 0.771. The van der Waals surface area contributed by atoms with Crippen LogP contribution < -0.4 is 0 Å². The Bertz CT molecular complexity index is 434. The molecule has 0 bridgehead atoms. The Morgan fingerprint density at radius 2 is 2.00 bits per heavy atom. The SMILES string of the molecule is CCc1cc(C(=O)N2CC(O)C(O)C2)n(CC)n1. The lowest BCUT2D eigenvalue weighted by Gasteiger charge is -2.15. The molecule has 2 N–H and O–H groups in total. The highest BCUT2D eigenvalue weighted by Crippen LogP contribution is 2.15. The molecule has 1 amide bonds. The van der Waals surface area contributed by atoms with E-state index in [1.54, 1.807) is 10.7 Å². The zero-order valence-electron chi connectivity index (χ0n) is 10.7. The number of β-amino-alcohol motifs (C(OH)–C–C–N with tert-alkyl or cyclic N) is 2. The Morgan fingerprint density at radius 1 is 1.39 bits per heavy atom. The first-order valence-corrected chi connectivity index (χ1v) is 6.28. The second-order valence-electron chi connectivity index (χ2n) is 4.54. The molecule has 100 valence electrons. The Labute approximate surface area is 106 Å². The van der Waals surface area contributed by atoms with Crippen LogP contribution in [-0.4, -0.2) is 56.1 Å². The van der Waals surface area contributed by atoms with Crippen molar-refractivity contribution in [2.24, 2.45) is 0 Å². The van der Waals surface area contributed by atoms with Gasteiger partial charge in [0, 0.05) is 19.6 Å². The average Bonchev–Trinajstić information content (AvgIpc) is 2.93. The normalized spacial score (nSPS) is 23.7. The fourth-order valence-corrected chi connectivity index (χ4v) is 2.15. The van der Waals surface area contributed by atoms with Gasteiger partial charge < -0.3 is 15.1 Å². The van der Waals surface area contributed by atoms with Crippen LogP contribution in [0.3, 0.4) is 0 Å². The third kappa shape index (κ3) is 2.26. The zero-order valence-corrected chi connectivity index (χ0v) is 10.7. The summed E-state index contributed by atoms with van der Waals surface area (Å²) in [6.07, 6.45) is -0.923. The maximum Gasteiger partial charge on any atom is 0.272 e. The predicted molar refractivity (Wildman–Crippen MR) is 65.2 cm³/mol. The molecule has 0 radical (unpaired) electrons. The minimum atomic E-state index is -0.849. The number of amides is 1. The Morgan fingerprint density at radius 3 is 2.50 bits per heavy atom. The lowest BCUT2D eigenvalue weighted by molar-refractivity contribution is 0.0572. The number of carbonyl (C=O) groups is 1. The van der Waals surface area contributed by atoms with Crippen molar-refractivity contribution in [3.05, 3.63) is 17.5 Å². The van der Waals surface area contributed by atoms with Gasteiger partial charge >= 0.3 is 0 Å². The van der Waals surface area contributed by atoms with Gasteiger partial charge in [0.2, 0.25) is 0 Å². The van der Waals surface area contributed by atoms with E-state index in [0.717, 1.165) is 12.1 Å². The topological polar surface area (TPSA) is 78.6 Å². The lowest BCUT2D eigenvalue weighted by atomic mass is 10.3. The van der Waals surface area contributed by atoms with E-state index in [-0.39, 0.29) is 19.0 Å². The summed E-state index contributed by atoms with van der Waals surface area (Å²) < 4.78 is 1.66. The number of carbonyl (C=O) groups excluding carboxylic acids is 1. The van der Waals surface area contributed by atoms with Gasteiger partial charge in [-0.25, -0.2) is 0 Å². The van der Waals surface area contributed by atoms with Gasteiger partial charge in [0.15, 0.2) is 0 Å². The summed E-state index contributed by atoms with van der Waals surface area (Å²) in [5.41, 5.74) is 1.40. The van der Waals surface area contributed by atoms with E-state index in [0.29, 0.717) is 12.2 Å². The number of likely N-dealkylation sites (tertiary alicyclic amines) is 1. The van der Waals surface area contributed by atoms with E-state index >= 15 is 0 Å². The molecule has 1 fully saturated rings. The first kappa shape index (κ1) is 13.0. The highest BCUT2D eigenvalue weighted by molar-refractivity contribution is 5.93. The highest BCUT2D eigenvalue weighted by Gasteiger charge is 2.34. The number of aliphatic hydroxyl groups is 2. The van der Waals surface area contributed by atoms with Crippen LogP contribution in [0.25, 0.3) is 0 Å². The van der Waals surface area contributed by atoms with Crippen molar-refractivity contribution < 1.29 is 15.0 Å². The highest BCUT2D eigenvalue weighted by atomic mass is 16.3. The lowest BCUT2D eigenvalue weighted by Crippen LogP contribution is -2.31. The van der Waals surface area contributed by atoms with E-state index in [2.05, 4.69) is 5.10 Å². The number of hydrogen-bond donors (Lipinski definition) is 2. The Hall–Kier alpha value is -1.40. The third-order valence-corrected chi connectivity index (χ3v) is 3.26. The van der Waals surface area contributed by atoms with Gasteiger partial charge in [-0.05, 0) is 19.4 Å². The van der Waals surface area contributed by atoms with E-state index in [9.17, 15) is 15.0 Å². The first-order valence-electron chi connectivity index (χ1n) is 6.28. The van der Waals surface area contributed by atoms with Gasteiger partial charge in [0.05, 0.1) is 17.9 Å². The molecule has 18 heavy (non-hydrogen) atoms. The van der Waals surface area contributed by atoms with Crippen molar-refractivity contribution in [3.63, 3.8) is 0 Å². The summed E-state index contributed by atoms with van der Waals surface area (Å²) in [6.45, 7) is 4.89. The molecule has 0 aromatic carbocycles. The molecule has 6 nitrogen and oxygen atoms in total. The van der Waals surface area contributed by atoms with Gasteiger partial charge in [-0.2, -0.15) is 5.10 Å². The molecule has 0 saturated carbocycles. The van der Waals surface area contributed by atoms with E-state index in [4.69, 9.17) is 0 Å². The number of aromatic nitrogens is 2. The molecule has 2 unspecified atom stereocenters. The second-order valence-corrected chi connectivity index (χ2v) is 4.54. The molecule has 1 saturated heterocycles. The number of aryl methyl sites for hydroxylation is 2. The third-order valence-electron chi connectivity index (χ3n) is 3.26. The fraction of sp³-hybridized carbons (Fsp3) is 0.667. The van der Waals surface area contributed by atoms with Gasteiger partial charge in [-0.1, -0.05) is 6.92 Å². The largest absolute Gasteiger partial charge is 0.388 e. The molecule has 1 aromatic rings. The van der Waals surface area contributed by atoms with E-state index in [1.165, 1.54) is 4.90 Å². The van der Waals surface area contributed by atoms with Crippen molar-refractivity contribution in [2.45, 2.75) is 39.0 Å². The van der Waals surface area contributed by atoms with Gasteiger partial charge in [-0.15, -0.1) is 0 Å². The molecule has 1 aliphatic heterocycles. The van der Waals surface area contributed by atoms with Crippen LogP contribution in [0.15, 0.2) is 6.07 Å². The molecule has 1 aliphatic rings. The monoisotopic (exact) mass is 253 g/mol. The summed E-state index contributed by atoms with van der Waals surface area (Å²) in [5.74, 6) is -0.181. The smallest absolute Gasteiger partial charge is 0.272 e. The molecular formula is C12H19N3O3. The number of rotatable bonds is 3. The van der Waals surface area contributed by atoms with E-state index in [1.807, 2.05) is 13.8 Å². The number of hydrogen-bond acceptors (Lipinski definition) is 4. The maximum atomic E-state index is 12.3. The zero-order chi connectivity index (χ0) is 13.3. The van der Waals surface area contributed by atoms with E-state index < -0.39 is 12.2 Å². The average molecular weight is 253 g/mol. The van der Waals surface area contributed by atoms with Gasteiger partial charge in [0.1, 0.15) is 5.69 Å². The summed E-state index contributed by atoms with van der Waals surface area (Å²) in [6, 6.07) is 1.78. The summed E-state index contributed by atoms with van der Waals surface area (Å²) in [7, 11) is 0. The summed E-state index contributed by atoms with van der Waals surface area (Å²) in [5, 5.41) is 23.3. The van der Waals surface area contributed by atoms with Crippen LogP contribution >= 0.6 is 0 Å². The molecule has 2 atom stereocenters. The summed E-state index contributed by atoms with van der Waals surface area (Å²) >= 11 is 0. The molecule has 6 heteroatoms. The number of nitrogens with zero attached hydrogens (tertiary/aromatic N) is 3. The molecule has 1 aromatic heterocycles. The predicted octanol–water partition coefficient (Wildman–Crippen LogP) is -0.357. The Kier molecular flexibility index (Phi) is 3.68. The van der Waals surface area contributed by atoms with Crippen molar-refractivity contribution in [1.29, 1.82) is 0 Å². The minimum Gasteiger partial charge on any atom is -0.388 e. The van der Waals surface area contributed by atoms with Crippen molar-refractivity contribution in [1.82, 2.24) is 14.7 Å². The maximum absolute atomic E-state index is 12.3. The van der Waals surface area contributed by atoms with Crippen molar-refractivity contribution >= 4 is 5.91 Å². The fourth-order valence-electron chi connectivity index (χ4n) is 2.15. The molecule has 2 heterocycles. The molecule has 0 aliphatic carbocycles. The van der Waals surface area contributed by atoms with Gasteiger partial charge in [-0.3, -0.25) is 9.48 Å². The van der Waals surface area contributed by atoms with Gasteiger partial charge in [0.25, 0.3) is 5.91 Å². The number of aliphatic hydroxyl groups excluding tert-OH is 2. The van der Waals surface area contributed by atoms with Crippen molar-refractivity contribution in [3.8, 4) is 0 Å². The molecule has 2 rings (SSSR count). The second kappa shape index (κ2) is 5.07. The van der Waals surface area contributed by atoms with Crippen LogP contribution in [0.1, 0.15) is 30.0 Å². The van der Waals surface area contributed by atoms with Crippen molar-refractivity contribution in [2.75, 3.05) is 13.1 Å². The van der Waals surface area contributed by atoms with Crippen LogP contribution in [0.4, 0.5) is 0 Å². The molecule has 0 spiro atoms. The first-order chi connectivity index (χ1) is 8.56. The minimum absolute atomic E-state index is 0.177. The van der Waals surface area contributed by atoms with Crippen LogP contribution in [0, 0.1) is 0 Å². The molecular weight excluding hydrogens is 234 g/mol. The standard InChI is InChI=1S/C12H19N3O3/c1-3-8-5-9(15(4-2)13-8)12(18)14-6-10(16)11(17)7-14/h5,10-11,16-17H,3-4,6-7H2,1-2H3. The van der Waals surface area contributed by atoms with Crippen LogP contribution in [0.5, 0.6) is 0 Å². The van der Waals surface area contributed by atoms with Crippen LogP contribution in [-0.2, 0) is 13.0 Å². The Balaban J connectivity index is 2.21. The van der Waals surface area contributed by atoms with Crippen LogP contribution in [0.2, 0.25) is 0 Å². The summed E-state index contributed by atoms with van der Waals surface area (Å²) in [4.78, 5) is 13.8.